The molecule has 0 aliphatic rings. The molecule has 1 aromatic carbocycles. The second-order valence-corrected chi connectivity index (χ2v) is 6.26. The summed E-state index contributed by atoms with van der Waals surface area (Å²) in [6.07, 6.45) is 0. The van der Waals surface area contributed by atoms with E-state index in [9.17, 15) is 9.59 Å². The highest BCUT2D eigenvalue weighted by molar-refractivity contribution is 6.64. The molecule has 27 heavy (non-hydrogen) atoms. The molecule has 0 unspecified atom stereocenters. The number of likely N-dealkylation sites (N-methyl/N-ethyl adjacent to an activating group) is 1. The first-order valence-electron chi connectivity index (χ1n) is 7.53. The van der Waals surface area contributed by atoms with Crippen molar-refractivity contribution >= 4 is 63.9 Å². The summed E-state index contributed by atoms with van der Waals surface area (Å²) in [6.45, 7) is 2.18. The molecule has 0 aliphatic heterocycles. The van der Waals surface area contributed by atoms with E-state index in [1.807, 2.05) is 0 Å². The lowest BCUT2D eigenvalue weighted by atomic mass is 10.0. The highest BCUT2D eigenvalue weighted by atomic mass is 35.5. The largest absolute Gasteiger partial charge is 0.355 e. The van der Waals surface area contributed by atoms with Gasteiger partial charge in [0.05, 0.1) is 15.6 Å². The maximum Gasteiger partial charge on any atom is 0.277 e. The number of carbonyl (C=O) groups is 2. The molecule has 2 amide bonds. The third-order valence-corrected chi connectivity index (χ3v) is 4.30. The Morgan fingerprint density at radius 2 is 1.96 bits per heavy atom. The van der Waals surface area contributed by atoms with Crippen molar-refractivity contribution in [3.05, 3.63) is 38.8 Å². The molecule has 3 N–H and O–H groups in total. The molecule has 0 bridgehead atoms. The minimum Gasteiger partial charge on any atom is -0.355 e. The zero-order valence-electron chi connectivity index (χ0n) is 14.2. The molecule has 0 radical (unpaired) electrons. The molecule has 0 saturated carbocycles. The Morgan fingerprint density at radius 3 is 2.56 bits per heavy atom. The number of aryl methyl sites for hydroxylation is 1. The summed E-state index contributed by atoms with van der Waals surface area (Å²) in [7, 11) is 1.38. The van der Waals surface area contributed by atoms with E-state index in [0.29, 0.717) is 11.6 Å². The predicted molar refractivity (Wildman–Crippen MR) is 103 cm³/mol. The Hall–Kier alpha value is -2.49. The topological polar surface area (TPSA) is 126 Å². The van der Waals surface area contributed by atoms with E-state index in [1.165, 1.54) is 29.9 Å². The summed E-state index contributed by atoms with van der Waals surface area (Å²) in [6, 6.07) is 4.40. The number of benzene rings is 1. The van der Waals surface area contributed by atoms with Crippen molar-refractivity contribution in [3.8, 4) is 0 Å². The number of amides is 2. The van der Waals surface area contributed by atoms with E-state index < -0.39 is 22.6 Å². The van der Waals surface area contributed by atoms with Crippen molar-refractivity contribution < 1.29 is 9.59 Å². The van der Waals surface area contributed by atoms with Crippen LogP contribution in [0.25, 0.3) is 5.57 Å². The van der Waals surface area contributed by atoms with Gasteiger partial charge in [-0.05, 0) is 29.5 Å². The van der Waals surface area contributed by atoms with Crippen LogP contribution < -0.4 is 10.6 Å². The maximum absolute atomic E-state index is 12.4. The lowest BCUT2D eigenvalue weighted by molar-refractivity contribution is -0.115. The van der Waals surface area contributed by atoms with Gasteiger partial charge in [-0.25, -0.2) is 4.68 Å². The second kappa shape index (κ2) is 8.94. The quantitative estimate of drug-likeness (QED) is 0.479. The number of tetrazole rings is 1. The Morgan fingerprint density at radius 1 is 1.26 bits per heavy atom. The predicted octanol–water partition coefficient (Wildman–Crippen LogP) is 2.35. The number of aromatic nitrogens is 4. The molecular weight excluding hydrogens is 417 g/mol. The van der Waals surface area contributed by atoms with Crippen molar-refractivity contribution in [1.29, 1.82) is 5.41 Å². The lowest BCUT2D eigenvalue weighted by Gasteiger charge is -2.12. The van der Waals surface area contributed by atoms with Gasteiger partial charge in [0.2, 0.25) is 5.95 Å². The molecule has 142 valence electrons. The molecule has 0 atom stereocenters. The Kier molecular flexibility index (Phi) is 6.89. The van der Waals surface area contributed by atoms with Gasteiger partial charge in [-0.2, -0.15) is 0 Å². The number of nitrogens with zero attached hydrogens (tertiary/aromatic N) is 4. The molecule has 0 spiro atoms. The number of carbonyl (C=O) groups excluding carboxylic acids is 2. The van der Waals surface area contributed by atoms with Gasteiger partial charge in [0, 0.05) is 24.2 Å². The van der Waals surface area contributed by atoms with Gasteiger partial charge in [-0.3, -0.25) is 20.3 Å². The highest BCUT2D eigenvalue weighted by Crippen LogP contribution is 2.31. The van der Waals surface area contributed by atoms with E-state index in [2.05, 4.69) is 26.2 Å². The molecule has 1 aromatic heterocycles. The average molecular weight is 431 g/mol. The van der Waals surface area contributed by atoms with Crippen molar-refractivity contribution in [2.45, 2.75) is 13.5 Å². The van der Waals surface area contributed by atoms with E-state index >= 15 is 0 Å². The molecule has 9 nitrogen and oxygen atoms in total. The van der Waals surface area contributed by atoms with Crippen molar-refractivity contribution in [3.63, 3.8) is 0 Å². The maximum atomic E-state index is 12.4. The molecule has 0 saturated heterocycles. The number of nitrogens with one attached hydrogen (secondary N) is 3. The Bertz CT molecular complexity index is 939. The summed E-state index contributed by atoms with van der Waals surface area (Å²) in [5, 5.41) is 23.7. The van der Waals surface area contributed by atoms with Gasteiger partial charge < -0.3 is 5.32 Å². The average Bonchev–Trinajstić information content (AvgIpc) is 3.09. The van der Waals surface area contributed by atoms with Crippen LogP contribution in [0, 0.1) is 5.41 Å². The highest BCUT2D eigenvalue weighted by Gasteiger charge is 2.25. The Balaban J connectivity index is 2.43. The summed E-state index contributed by atoms with van der Waals surface area (Å²) in [5.41, 5.74) is -0.579. The summed E-state index contributed by atoms with van der Waals surface area (Å²) in [4.78, 5) is 24.7. The first-order valence-corrected chi connectivity index (χ1v) is 8.67. The van der Waals surface area contributed by atoms with Crippen LogP contribution in [0.1, 0.15) is 12.5 Å². The first-order chi connectivity index (χ1) is 12.8. The minimum atomic E-state index is -0.893. The van der Waals surface area contributed by atoms with E-state index in [-0.39, 0.29) is 22.1 Å². The van der Waals surface area contributed by atoms with Crippen LogP contribution in [-0.4, -0.2) is 44.8 Å². The number of hydrogen-bond donors (Lipinski definition) is 3. The molecule has 0 aliphatic carbocycles. The fourth-order valence-electron chi connectivity index (χ4n) is 2.05. The molecule has 1 heterocycles. The SMILES string of the molecule is CCn1nnnc1NC(=O)C(=N)C(Cl)=C(C(=O)NC)c1ccc(Cl)cc1Cl. The zero-order valence-corrected chi connectivity index (χ0v) is 16.4. The Labute approximate surface area is 169 Å². The number of halogens is 3. The summed E-state index contributed by atoms with van der Waals surface area (Å²) < 4.78 is 1.32. The van der Waals surface area contributed by atoms with Crippen molar-refractivity contribution in [2.24, 2.45) is 0 Å². The van der Waals surface area contributed by atoms with Crippen molar-refractivity contribution in [2.75, 3.05) is 12.4 Å². The van der Waals surface area contributed by atoms with E-state index in [0.717, 1.165) is 0 Å². The third kappa shape index (κ3) is 4.62. The smallest absolute Gasteiger partial charge is 0.277 e. The van der Waals surface area contributed by atoms with Gasteiger partial charge in [-0.15, -0.1) is 0 Å². The van der Waals surface area contributed by atoms with E-state index in [1.54, 1.807) is 6.92 Å². The standard InChI is InChI=1S/C15H14Cl3N7O2/c1-3-25-15(22-23-24-25)21-14(27)12(19)11(18)10(13(26)20-2)8-5-4-7(16)6-9(8)17/h4-6,19H,3H2,1-2H3,(H,20,26)(H,21,22,24,27). The van der Waals surface area contributed by atoms with Gasteiger partial charge in [0.25, 0.3) is 11.8 Å². The van der Waals surface area contributed by atoms with Crippen molar-refractivity contribution in [1.82, 2.24) is 25.5 Å². The second-order valence-electron chi connectivity index (χ2n) is 5.04. The fourth-order valence-corrected chi connectivity index (χ4v) is 2.83. The van der Waals surface area contributed by atoms with Crippen LogP contribution in [-0.2, 0) is 16.1 Å². The van der Waals surface area contributed by atoms with Crippen LogP contribution in [0.2, 0.25) is 10.0 Å². The summed E-state index contributed by atoms with van der Waals surface area (Å²) in [5.74, 6) is -1.47. The molecule has 12 heteroatoms. The van der Waals surface area contributed by atoms with Gasteiger partial charge in [0.1, 0.15) is 5.71 Å². The molecule has 0 fully saturated rings. The van der Waals surface area contributed by atoms with Crippen LogP contribution in [0.3, 0.4) is 0 Å². The lowest BCUT2D eigenvalue weighted by Crippen LogP contribution is -2.27. The normalized spacial score (nSPS) is 11.6. The monoisotopic (exact) mass is 429 g/mol. The minimum absolute atomic E-state index is 0.0442. The van der Waals surface area contributed by atoms with Crippen LogP contribution in [0.5, 0.6) is 0 Å². The molecule has 2 aromatic rings. The summed E-state index contributed by atoms with van der Waals surface area (Å²) >= 11 is 18.2. The van der Waals surface area contributed by atoms with E-state index in [4.69, 9.17) is 40.2 Å². The van der Waals surface area contributed by atoms with Gasteiger partial charge >= 0.3 is 0 Å². The van der Waals surface area contributed by atoms with Crippen LogP contribution in [0.15, 0.2) is 23.2 Å². The van der Waals surface area contributed by atoms with Gasteiger partial charge in [-0.1, -0.05) is 46.0 Å². The number of anilines is 1. The third-order valence-electron chi connectivity index (χ3n) is 3.38. The first kappa shape index (κ1) is 20.8. The van der Waals surface area contributed by atoms with Gasteiger partial charge in [0.15, 0.2) is 0 Å². The molecular formula is C15H14Cl3N7O2. The van der Waals surface area contributed by atoms with Crippen LogP contribution in [0.4, 0.5) is 5.95 Å². The zero-order chi connectivity index (χ0) is 20.1. The number of hydrogen-bond acceptors (Lipinski definition) is 6. The number of rotatable bonds is 6. The fraction of sp³-hybridized carbons (Fsp3) is 0.200. The van der Waals surface area contributed by atoms with Crippen LogP contribution >= 0.6 is 34.8 Å². The molecule has 2 rings (SSSR count).